The lowest BCUT2D eigenvalue weighted by molar-refractivity contribution is 0.0735. The summed E-state index contributed by atoms with van der Waals surface area (Å²) in [5, 5.41) is 8.85. The third-order valence-corrected chi connectivity index (χ3v) is 3.81. The summed E-state index contributed by atoms with van der Waals surface area (Å²) in [5.41, 5.74) is 3.06. The van der Waals surface area contributed by atoms with Crippen LogP contribution in [0.15, 0.2) is 72.8 Å². The van der Waals surface area contributed by atoms with Crippen molar-refractivity contribution in [2.75, 3.05) is 6.61 Å². The molecule has 0 heterocycles. The molecular formula is C22H17NO3. The Morgan fingerprint density at radius 2 is 1.38 bits per heavy atom. The van der Waals surface area contributed by atoms with E-state index in [9.17, 15) is 4.79 Å². The summed E-state index contributed by atoms with van der Waals surface area (Å²) in [6.45, 7) is 2.49. The summed E-state index contributed by atoms with van der Waals surface area (Å²) in [5.74, 6) is 0.774. The Morgan fingerprint density at radius 3 is 1.92 bits per heavy atom. The van der Waals surface area contributed by atoms with Crippen LogP contribution in [0.2, 0.25) is 0 Å². The number of benzene rings is 3. The first-order chi connectivity index (χ1) is 12.7. The number of nitrogens with zero attached hydrogens (tertiary/aromatic N) is 1. The summed E-state index contributed by atoms with van der Waals surface area (Å²) in [7, 11) is 0. The van der Waals surface area contributed by atoms with Crippen molar-refractivity contribution in [1.29, 1.82) is 5.26 Å². The molecule has 3 aromatic carbocycles. The number of carbonyl (C=O) groups is 1. The molecule has 3 rings (SSSR count). The topological polar surface area (TPSA) is 59.3 Å². The number of rotatable bonds is 5. The van der Waals surface area contributed by atoms with Crippen molar-refractivity contribution in [3.63, 3.8) is 0 Å². The van der Waals surface area contributed by atoms with Gasteiger partial charge in [0.1, 0.15) is 11.5 Å². The molecule has 0 aromatic heterocycles. The number of hydrogen-bond donors (Lipinski definition) is 0. The molecule has 0 spiro atoms. The van der Waals surface area contributed by atoms with Crippen molar-refractivity contribution < 1.29 is 14.3 Å². The minimum Gasteiger partial charge on any atom is -0.494 e. The highest BCUT2D eigenvalue weighted by molar-refractivity contribution is 5.91. The van der Waals surface area contributed by atoms with Gasteiger partial charge in [0.05, 0.1) is 23.8 Å². The maximum absolute atomic E-state index is 12.2. The molecule has 0 N–H and O–H groups in total. The van der Waals surface area contributed by atoms with Gasteiger partial charge in [-0.25, -0.2) is 4.79 Å². The molecule has 0 saturated carbocycles. The number of nitriles is 1. The van der Waals surface area contributed by atoms with E-state index >= 15 is 0 Å². The second kappa shape index (κ2) is 8.00. The lowest BCUT2D eigenvalue weighted by Crippen LogP contribution is -2.08. The maximum Gasteiger partial charge on any atom is 0.343 e. The molecule has 4 heteroatoms. The van der Waals surface area contributed by atoms with E-state index in [-0.39, 0.29) is 0 Å². The van der Waals surface area contributed by atoms with Crippen molar-refractivity contribution in [3.05, 3.63) is 83.9 Å². The molecular weight excluding hydrogens is 326 g/mol. The van der Waals surface area contributed by atoms with E-state index in [0.29, 0.717) is 23.5 Å². The highest BCUT2D eigenvalue weighted by atomic mass is 16.5. The summed E-state index contributed by atoms with van der Waals surface area (Å²) in [6.07, 6.45) is 0. The molecule has 0 aliphatic rings. The van der Waals surface area contributed by atoms with Crippen molar-refractivity contribution in [2.45, 2.75) is 6.92 Å². The molecule has 0 saturated heterocycles. The van der Waals surface area contributed by atoms with Crippen LogP contribution in [0.4, 0.5) is 0 Å². The van der Waals surface area contributed by atoms with Gasteiger partial charge in [0, 0.05) is 0 Å². The fraction of sp³-hybridized carbons (Fsp3) is 0.0909. The van der Waals surface area contributed by atoms with Gasteiger partial charge >= 0.3 is 5.97 Å². The van der Waals surface area contributed by atoms with E-state index in [0.717, 1.165) is 16.9 Å². The van der Waals surface area contributed by atoms with Crippen molar-refractivity contribution >= 4 is 5.97 Å². The van der Waals surface area contributed by atoms with Gasteiger partial charge < -0.3 is 9.47 Å². The predicted molar refractivity (Wildman–Crippen MR) is 99.2 cm³/mol. The fourth-order valence-electron chi connectivity index (χ4n) is 2.47. The van der Waals surface area contributed by atoms with E-state index in [4.69, 9.17) is 14.7 Å². The molecule has 26 heavy (non-hydrogen) atoms. The zero-order chi connectivity index (χ0) is 18.4. The van der Waals surface area contributed by atoms with Gasteiger partial charge in [-0.05, 0) is 66.6 Å². The average Bonchev–Trinajstić information content (AvgIpc) is 2.69. The largest absolute Gasteiger partial charge is 0.494 e. The monoisotopic (exact) mass is 343 g/mol. The van der Waals surface area contributed by atoms with Gasteiger partial charge in [0.25, 0.3) is 0 Å². The fourth-order valence-corrected chi connectivity index (χ4v) is 2.47. The third kappa shape index (κ3) is 4.08. The van der Waals surface area contributed by atoms with Gasteiger partial charge in [-0.1, -0.05) is 24.3 Å². The highest BCUT2D eigenvalue weighted by Crippen LogP contribution is 2.23. The Balaban J connectivity index is 1.68. The Morgan fingerprint density at radius 1 is 0.846 bits per heavy atom. The summed E-state index contributed by atoms with van der Waals surface area (Å²) in [4.78, 5) is 12.2. The minimum atomic E-state index is -0.417. The molecule has 4 nitrogen and oxygen atoms in total. The van der Waals surface area contributed by atoms with E-state index < -0.39 is 5.97 Å². The molecule has 0 fully saturated rings. The number of carbonyl (C=O) groups excluding carboxylic acids is 1. The second-order valence-corrected chi connectivity index (χ2v) is 5.56. The second-order valence-electron chi connectivity index (χ2n) is 5.56. The van der Waals surface area contributed by atoms with Crippen LogP contribution in [-0.4, -0.2) is 12.6 Å². The van der Waals surface area contributed by atoms with Gasteiger partial charge in [0.15, 0.2) is 0 Å². The van der Waals surface area contributed by atoms with Crippen molar-refractivity contribution in [1.82, 2.24) is 0 Å². The van der Waals surface area contributed by atoms with Crippen LogP contribution in [0.3, 0.4) is 0 Å². The summed E-state index contributed by atoms with van der Waals surface area (Å²) in [6, 6.07) is 23.5. The van der Waals surface area contributed by atoms with E-state index in [1.807, 2.05) is 31.2 Å². The van der Waals surface area contributed by atoms with Gasteiger partial charge in [-0.2, -0.15) is 5.26 Å². The lowest BCUT2D eigenvalue weighted by atomic mass is 10.0. The van der Waals surface area contributed by atoms with E-state index in [1.54, 1.807) is 48.5 Å². The Kier molecular flexibility index (Phi) is 5.31. The quantitative estimate of drug-likeness (QED) is 0.491. The normalized spacial score (nSPS) is 10.0. The maximum atomic E-state index is 12.2. The number of ether oxygens (including phenoxy) is 2. The van der Waals surface area contributed by atoms with Crippen LogP contribution in [0.5, 0.6) is 11.5 Å². The van der Waals surface area contributed by atoms with Crippen LogP contribution in [0.1, 0.15) is 22.8 Å². The lowest BCUT2D eigenvalue weighted by Gasteiger charge is -2.07. The molecule has 0 radical (unpaired) electrons. The molecule has 0 bridgehead atoms. The van der Waals surface area contributed by atoms with E-state index in [1.165, 1.54) is 0 Å². The van der Waals surface area contributed by atoms with Gasteiger partial charge in [0.2, 0.25) is 0 Å². The number of hydrogen-bond acceptors (Lipinski definition) is 4. The smallest absolute Gasteiger partial charge is 0.343 e. The third-order valence-electron chi connectivity index (χ3n) is 3.81. The van der Waals surface area contributed by atoms with Crippen LogP contribution >= 0.6 is 0 Å². The standard InChI is InChI=1S/C22H17NO3/c1-2-25-20-11-9-19(10-12-20)22(24)26-21-13-7-18(8-14-21)17-5-3-16(15-23)4-6-17/h3-14H,2H2,1H3. The first-order valence-corrected chi connectivity index (χ1v) is 8.25. The number of esters is 1. The zero-order valence-corrected chi connectivity index (χ0v) is 14.3. The van der Waals surface area contributed by atoms with Gasteiger partial charge in [-0.15, -0.1) is 0 Å². The summed E-state index contributed by atoms with van der Waals surface area (Å²) >= 11 is 0. The summed E-state index contributed by atoms with van der Waals surface area (Å²) < 4.78 is 10.8. The molecule has 128 valence electrons. The van der Waals surface area contributed by atoms with Crippen molar-refractivity contribution in [3.8, 4) is 28.7 Å². The molecule has 0 aliphatic heterocycles. The Bertz CT molecular complexity index is 921. The van der Waals surface area contributed by atoms with Gasteiger partial charge in [-0.3, -0.25) is 0 Å². The van der Waals surface area contributed by atoms with Crippen LogP contribution in [-0.2, 0) is 0 Å². The Labute approximate surface area is 152 Å². The predicted octanol–water partition coefficient (Wildman–Crippen LogP) is 4.84. The molecule has 0 unspecified atom stereocenters. The van der Waals surface area contributed by atoms with Crippen molar-refractivity contribution in [2.24, 2.45) is 0 Å². The molecule has 3 aromatic rings. The average molecular weight is 343 g/mol. The first kappa shape index (κ1) is 17.2. The highest BCUT2D eigenvalue weighted by Gasteiger charge is 2.09. The molecule has 0 atom stereocenters. The zero-order valence-electron chi connectivity index (χ0n) is 14.3. The SMILES string of the molecule is CCOc1ccc(C(=O)Oc2ccc(-c3ccc(C#N)cc3)cc2)cc1. The minimum absolute atomic E-state index is 0.417. The Hall–Kier alpha value is -3.58. The first-order valence-electron chi connectivity index (χ1n) is 8.25. The van der Waals surface area contributed by atoms with Crippen LogP contribution in [0.25, 0.3) is 11.1 Å². The van der Waals surface area contributed by atoms with Crippen LogP contribution < -0.4 is 9.47 Å². The molecule has 0 amide bonds. The van der Waals surface area contributed by atoms with E-state index in [2.05, 4.69) is 6.07 Å². The van der Waals surface area contributed by atoms with Crippen LogP contribution in [0, 0.1) is 11.3 Å². The molecule has 0 aliphatic carbocycles.